The molecule has 122 valence electrons. The molecule has 6 heteroatoms. The van der Waals surface area contributed by atoms with Crippen LogP contribution in [0.25, 0.3) is 10.9 Å². The molecule has 24 heavy (non-hydrogen) atoms. The smallest absolute Gasteiger partial charge is 0.268 e. The first-order valence-corrected chi connectivity index (χ1v) is 7.89. The highest BCUT2D eigenvalue weighted by atomic mass is 16.3. The predicted molar refractivity (Wildman–Crippen MR) is 88.4 cm³/mol. The zero-order valence-corrected chi connectivity index (χ0v) is 13.0. The number of aromatic nitrogens is 1. The summed E-state index contributed by atoms with van der Waals surface area (Å²) in [7, 11) is 0. The average molecular weight is 323 g/mol. The van der Waals surface area contributed by atoms with E-state index in [4.69, 9.17) is 4.42 Å². The largest absolute Gasteiger partial charge is 0.467 e. The van der Waals surface area contributed by atoms with Crippen LogP contribution < -0.4 is 10.6 Å². The third-order valence-corrected chi connectivity index (χ3v) is 4.25. The fourth-order valence-corrected chi connectivity index (χ4v) is 3.13. The maximum absolute atomic E-state index is 12.3. The van der Waals surface area contributed by atoms with Gasteiger partial charge in [0.25, 0.3) is 5.91 Å². The number of carbonyl (C=O) groups excluding carboxylic acids is 2. The van der Waals surface area contributed by atoms with Gasteiger partial charge in [0.05, 0.1) is 18.8 Å². The summed E-state index contributed by atoms with van der Waals surface area (Å²) in [6.07, 6.45) is 1.81. The third kappa shape index (κ3) is 2.67. The van der Waals surface area contributed by atoms with Crippen LogP contribution in [0, 0.1) is 0 Å². The Balaban J connectivity index is 1.46. The highest BCUT2D eigenvalue weighted by molar-refractivity contribution is 6.00. The van der Waals surface area contributed by atoms with Gasteiger partial charge in [0.1, 0.15) is 11.5 Å². The van der Waals surface area contributed by atoms with E-state index in [1.54, 1.807) is 18.4 Å². The van der Waals surface area contributed by atoms with Crippen molar-refractivity contribution in [1.29, 1.82) is 0 Å². The molecule has 0 fully saturated rings. The molecule has 2 amide bonds. The first-order chi connectivity index (χ1) is 11.7. The molecule has 2 N–H and O–H groups in total. The van der Waals surface area contributed by atoms with Gasteiger partial charge < -0.3 is 19.6 Å². The van der Waals surface area contributed by atoms with E-state index in [1.807, 2.05) is 34.9 Å². The Kier molecular flexibility index (Phi) is 3.57. The van der Waals surface area contributed by atoms with Crippen LogP contribution in [-0.2, 0) is 17.9 Å². The van der Waals surface area contributed by atoms with Gasteiger partial charge in [-0.1, -0.05) is 18.2 Å². The van der Waals surface area contributed by atoms with Gasteiger partial charge in [-0.3, -0.25) is 9.59 Å². The van der Waals surface area contributed by atoms with E-state index >= 15 is 0 Å². The minimum absolute atomic E-state index is 0.114. The lowest BCUT2D eigenvalue weighted by atomic mass is 10.1. The minimum atomic E-state index is -0.225. The van der Waals surface area contributed by atoms with Crippen LogP contribution >= 0.6 is 0 Å². The summed E-state index contributed by atoms with van der Waals surface area (Å²) in [5, 5.41) is 6.76. The molecule has 3 aromatic rings. The first kappa shape index (κ1) is 14.6. The van der Waals surface area contributed by atoms with Gasteiger partial charge >= 0.3 is 0 Å². The van der Waals surface area contributed by atoms with E-state index < -0.39 is 0 Å². The van der Waals surface area contributed by atoms with Crippen molar-refractivity contribution >= 4 is 22.7 Å². The van der Waals surface area contributed by atoms with Crippen LogP contribution in [0.1, 0.15) is 22.7 Å². The number of fused-ring (bicyclic) bond motifs is 3. The average Bonchev–Trinajstić information content (AvgIpc) is 3.21. The van der Waals surface area contributed by atoms with Crippen molar-refractivity contribution in [3.63, 3.8) is 0 Å². The molecule has 0 unspecified atom stereocenters. The molecule has 0 aliphatic carbocycles. The molecule has 0 saturated carbocycles. The molecule has 0 radical (unpaired) electrons. The Labute approximate surface area is 138 Å². The van der Waals surface area contributed by atoms with Gasteiger partial charge in [-0.2, -0.15) is 0 Å². The molecule has 1 aliphatic heterocycles. The summed E-state index contributed by atoms with van der Waals surface area (Å²) >= 11 is 0. The number of amides is 2. The molecular weight excluding hydrogens is 306 g/mol. The van der Waals surface area contributed by atoms with Gasteiger partial charge in [-0.15, -0.1) is 0 Å². The molecule has 1 aliphatic rings. The van der Waals surface area contributed by atoms with Gasteiger partial charge in [0.2, 0.25) is 5.91 Å². The molecule has 3 heterocycles. The number of para-hydroxylation sites is 1. The highest BCUT2D eigenvalue weighted by Gasteiger charge is 2.27. The molecule has 1 aromatic carbocycles. The second kappa shape index (κ2) is 5.88. The molecule has 6 nitrogen and oxygen atoms in total. The zero-order valence-electron chi connectivity index (χ0n) is 13.0. The third-order valence-electron chi connectivity index (χ3n) is 4.25. The van der Waals surface area contributed by atoms with Crippen LogP contribution in [0.15, 0.2) is 53.1 Å². The van der Waals surface area contributed by atoms with Gasteiger partial charge in [-0.05, 0) is 24.3 Å². The molecule has 0 saturated heterocycles. The number of hydrogen-bond acceptors (Lipinski definition) is 3. The summed E-state index contributed by atoms with van der Waals surface area (Å²) in [4.78, 5) is 24.4. The van der Waals surface area contributed by atoms with Crippen molar-refractivity contribution in [2.45, 2.75) is 25.6 Å². The Morgan fingerprint density at radius 2 is 2.17 bits per heavy atom. The van der Waals surface area contributed by atoms with Crippen molar-refractivity contribution < 1.29 is 14.0 Å². The highest BCUT2D eigenvalue weighted by Crippen LogP contribution is 2.23. The van der Waals surface area contributed by atoms with Gasteiger partial charge in [-0.25, -0.2) is 0 Å². The summed E-state index contributed by atoms with van der Waals surface area (Å²) < 4.78 is 7.17. The van der Waals surface area contributed by atoms with E-state index in [9.17, 15) is 9.59 Å². The number of furan rings is 1. The lowest BCUT2D eigenvalue weighted by molar-refractivity contribution is -0.121. The van der Waals surface area contributed by atoms with E-state index in [-0.39, 0.29) is 24.3 Å². The Morgan fingerprint density at radius 3 is 3.00 bits per heavy atom. The molecular formula is C18H17N3O3. The fraction of sp³-hybridized carbons (Fsp3) is 0.222. The first-order valence-electron chi connectivity index (χ1n) is 7.89. The molecule has 0 bridgehead atoms. The summed E-state index contributed by atoms with van der Waals surface area (Å²) in [6.45, 7) is 0.937. The van der Waals surface area contributed by atoms with Gasteiger partial charge in [0, 0.05) is 23.9 Å². The van der Waals surface area contributed by atoms with Crippen molar-refractivity contribution in [2.24, 2.45) is 0 Å². The summed E-state index contributed by atoms with van der Waals surface area (Å²) in [6, 6.07) is 13.1. The quantitative estimate of drug-likeness (QED) is 0.771. The maximum Gasteiger partial charge on any atom is 0.268 e. The van der Waals surface area contributed by atoms with Crippen molar-refractivity contribution in [3.05, 3.63) is 60.2 Å². The van der Waals surface area contributed by atoms with Crippen molar-refractivity contribution in [3.8, 4) is 0 Å². The molecule has 0 spiro atoms. The Bertz CT molecular complexity index is 896. The Morgan fingerprint density at radius 1 is 1.29 bits per heavy atom. The van der Waals surface area contributed by atoms with Crippen LogP contribution in [-0.4, -0.2) is 22.4 Å². The second-order valence-corrected chi connectivity index (χ2v) is 5.93. The van der Waals surface area contributed by atoms with E-state index in [2.05, 4.69) is 10.6 Å². The SMILES string of the molecule is O=C(C[C@H]1Cn2c(cc3ccccc32)C(=O)N1)NCc1ccco1. The number of nitrogens with zero attached hydrogens (tertiary/aromatic N) is 1. The van der Waals surface area contributed by atoms with Gasteiger partial charge in [0.15, 0.2) is 0 Å². The zero-order chi connectivity index (χ0) is 16.5. The summed E-state index contributed by atoms with van der Waals surface area (Å²) in [5.74, 6) is 0.451. The lowest BCUT2D eigenvalue weighted by Crippen LogP contribution is -2.46. The normalized spacial score (nSPS) is 16.7. The van der Waals surface area contributed by atoms with E-state index in [0.29, 0.717) is 24.5 Å². The number of rotatable bonds is 4. The van der Waals surface area contributed by atoms with Crippen molar-refractivity contribution in [1.82, 2.24) is 15.2 Å². The van der Waals surface area contributed by atoms with Crippen molar-refractivity contribution in [2.75, 3.05) is 0 Å². The summed E-state index contributed by atoms with van der Waals surface area (Å²) in [5.41, 5.74) is 1.66. The molecule has 2 aromatic heterocycles. The maximum atomic E-state index is 12.3. The molecule has 1 atom stereocenters. The van der Waals surface area contributed by atoms with Crippen LogP contribution in [0.2, 0.25) is 0 Å². The van der Waals surface area contributed by atoms with Crippen LogP contribution in [0.3, 0.4) is 0 Å². The lowest BCUT2D eigenvalue weighted by Gasteiger charge is -2.25. The van der Waals surface area contributed by atoms with E-state index in [0.717, 1.165) is 10.9 Å². The topological polar surface area (TPSA) is 76.3 Å². The Hall–Kier alpha value is -3.02. The second-order valence-electron chi connectivity index (χ2n) is 5.93. The predicted octanol–water partition coefficient (Wildman–Crippen LogP) is 2.05. The number of carbonyl (C=O) groups is 2. The number of nitrogens with one attached hydrogen (secondary N) is 2. The number of hydrogen-bond donors (Lipinski definition) is 2. The van der Waals surface area contributed by atoms with Crippen LogP contribution in [0.5, 0.6) is 0 Å². The number of benzene rings is 1. The fourth-order valence-electron chi connectivity index (χ4n) is 3.13. The standard InChI is InChI=1S/C18H17N3O3/c22-17(19-10-14-5-3-7-24-14)9-13-11-21-15-6-2-1-4-12(15)8-16(21)18(23)20-13/h1-8,13H,9-11H2,(H,19,22)(H,20,23)/t13-/m0/s1. The molecule has 4 rings (SSSR count). The van der Waals surface area contributed by atoms with E-state index in [1.165, 1.54) is 0 Å². The minimum Gasteiger partial charge on any atom is -0.467 e. The van der Waals surface area contributed by atoms with Crippen LogP contribution in [0.4, 0.5) is 0 Å². The monoisotopic (exact) mass is 323 g/mol.